The van der Waals surface area contributed by atoms with Gasteiger partial charge in [0, 0.05) is 12.5 Å². The standard InChI is InChI=1S/C19H26N6O/c1-4-14(11-26)21-19-22-15(10-13-8-6-5-7-9-13)16-17(24-19)25(12(2)3)18(20)23-16/h5-9,12,14,26H,4,10-11H2,1-3H3,(H2,20,23)(H,21,22,24). The molecule has 7 heteroatoms. The Kier molecular flexibility index (Phi) is 5.37. The SMILES string of the molecule is CCC(CO)Nc1nc(Cc2ccccc2)c2nc(N)n(C(C)C)c2n1. The number of anilines is 2. The lowest BCUT2D eigenvalue weighted by Gasteiger charge is -2.16. The molecule has 2 aromatic heterocycles. The van der Waals surface area contributed by atoms with Crippen LogP contribution >= 0.6 is 0 Å². The van der Waals surface area contributed by atoms with Gasteiger partial charge in [-0.3, -0.25) is 4.57 Å². The van der Waals surface area contributed by atoms with Gasteiger partial charge in [-0.1, -0.05) is 37.3 Å². The van der Waals surface area contributed by atoms with Gasteiger partial charge in [-0.05, 0) is 25.8 Å². The van der Waals surface area contributed by atoms with Crippen molar-refractivity contribution in [3.63, 3.8) is 0 Å². The number of aliphatic hydroxyl groups excluding tert-OH is 1. The Morgan fingerprint density at radius 3 is 2.50 bits per heavy atom. The number of nitrogen functional groups attached to an aromatic ring is 1. The molecule has 1 aromatic carbocycles. The Labute approximate surface area is 153 Å². The van der Waals surface area contributed by atoms with E-state index < -0.39 is 0 Å². The van der Waals surface area contributed by atoms with Gasteiger partial charge in [0.2, 0.25) is 11.9 Å². The summed E-state index contributed by atoms with van der Waals surface area (Å²) in [5, 5.41) is 12.7. The fraction of sp³-hybridized carbons (Fsp3) is 0.421. The first-order valence-electron chi connectivity index (χ1n) is 8.99. The van der Waals surface area contributed by atoms with Crippen molar-refractivity contribution < 1.29 is 5.11 Å². The van der Waals surface area contributed by atoms with Crippen molar-refractivity contribution in [2.24, 2.45) is 0 Å². The monoisotopic (exact) mass is 354 g/mol. The summed E-state index contributed by atoms with van der Waals surface area (Å²) in [6.45, 7) is 6.13. The first-order valence-corrected chi connectivity index (χ1v) is 8.99. The van der Waals surface area contributed by atoms with Crippen LogP contribution in [0.1, 0.15) is 44.5 Å². The van der Waals surface area contributed by atoms with Gasteiger partial charge >= 0.3 is 0 Å². The van der Waals surface area contributed by atoms with Gasteiger partial charge in [0.25, 0.3) is 0 Å². The van der Waals surface area contributed by atoms with Crippen LogP contribution in [0.2, 0.25) is 0 Å². The number of hydrogen-bond donors (Lipinski definition) is 3. The van der Waals surface area contributed by atoms with Gasteiger partial charge in [-0.15, -0.1) is 0 Å². The van der Waals surface area contributed by atoms with E-state index in [1.165, 1.54) is 0 Å². The molecule has 26 heavy (non-hydrogen) atoms. The molecule has 7 nitrogen and oxygen atoms in total. The minimum Gasteiger partial charge on any atom is -0.394 e. The van der Waals surface area contributed by atoms with Gasteiger partial charge in [0.1, 0.15) is 5.52 Å². The maximum atomic E-state index is 9.50. The maximum absolute atomic E-state index is 9.50. The predicted octanol–water partition coefficient (Wildman–Crippen LogP) is 2.76. The quantitative estimate of drug-likeness (QED) is 0.603. The van der Waals surface area contributed by atoms with E-state index in [1.54, 1.807) is 0 Å². The summed E-state index contributed by atoms with van der Waals surface area (Å²) in [6, 6.07) is 10.2. The van der Waals surface area contributed by atoms with Gasteiger partial charge in [0.15, 0.2) is 5.65 Å². The minimum atomic E-state index is -0.0928. The summed E-state index contributed by atoms with van der Waals surface area (Å²) >= 11 is 0. The third-order valence-corrected chi connectivity index (χ3v) is 4.42. The number of rotatable bonds is 7. The molecular weight excluding hydrogens is 328 g/mol. The highest BCUT2D eigenvalue weighted by molar-refractivity contribution is 5.78. The zero-order chi connectivity index (χ0) is 18.7. The van der Waals surface area contributed by atoms with Crippen LogP contribution in [0.3, 0.4) is 0 Å². The van der Waals surface area contributed by atoms with Crippen LogP contribution in [0.4, 0.5) is 11.9 Å². The number of nitrogens with zero attached hydrogens (tertiary/aromatic N) is 4. The highest BCUT2D eigenvalue weighted by Gasteiger charge is 2.19. The molecular formula is C19H26N6O. The molecule has 1 unspecified atom stereocenters. The molecule has 0 saturated heterocycles. The summed E-state index contributed by atoms with van der Waals surface area (Å²) in [5.74, 6) is 0.927. The molecule has 0 bridgehead atoms. The van der Waals surface area contributed by atoms with Crippen molar-refractivity contribution in [1.82, 2.24) is 19.5 Å². The van der Waals surface area contributed by atoms with Crippen LogP contribution < -0.4 is 11.1 Å². The molecule has 0 amide bonds. The number of imidazole rings is 1. The van der Waals surface area contributed by atoms with Crippen molar-refractivity contribution >= 4 is 23.1 Å². The van der Waals surface area contributed by atoms with Gasteiger partial charge < -0.3 is 16.2 Å². The third kappa shape index (κ3) is 3.62. The lowest BCUT2D eigenvalue weighted by molar-refractivity contribution is 0.271. The third-order valence-electron chi connectivity index (χ3n) is 4.42. The van der Waals surface area contributed by atoms with E-state index in [4.69, 9.17) is 5.73 Å². The van der Waals surface area contributed by atoms with Crippen LogP contribution in [0.5, 0.6) is 0 Å². The molecule has 0 radical (unpaired) electrons. The lowest BCUT2D eigenvalue weighted by Crippen LogP contribution is -2.24. The summed E-state index contributed by atoms with van der Waals surface area (Å²) in [7, 11) is 0. The number of fused-ring (bicyclic) bond motifs is 1. The van der Waals surface area contributed by atoms with E-state index in [1.807, 2.05) is 43.5 Å². The van der Waals surface area contributed by atoms with Gasteiger partial charge in [0.05, 0.1) is 18.3 Å². The van der Waals surface area contributed by atoms with Crippen molar-refractivity contribution in [2.75, 3.05) is 17.7 Å². The number of nitrogens with two attached hydrogens (primary N) is 1. The molecule has 3 aromatic rings. The molecule has 0 aliphatic carbocycles. The van der Waals surface area contributed by atoms with E-state index in [0.29, 0.717) is 24.0 Å². The summed E-state index contributed by atoms with van der Waals surface area (Å²) in [6.07, 6.45) is 1.41. The molecule has 0 spiro atoms. The van der Waals surface area contributed by atoms with E-state index in [9.17, 15) is 5.11 Å². The molecule has 0 aliphatic rings. The van der Waals surface area contributed by atoms with Crippen molar-refractivity contribution in [2.45, 2.75) is 45.7 Å². The molecule has 2 heterocycles. The van der Waals surface area contributed by atoms with Crippen LogP contribution in [0.15, 0.2) is 30.3 Å². The fourth-order valence-corrected chi connectivity index (χ4v) is 2.99. The Balaban J connectivity index is 2.12. The van der Waals surface area contributed by atoms with Crippen molar-refractivity contribution in [3.05, 3.63) is 41.6 Å². The fourth-order valence-electron chi connectivity index (χ4n) is 2.99. The zero-order valence-electron chi connectivity index (χ0n) is 15.5. The first kappa shape index (κ1) is 18.1. The molecule has 0 saturated carbocycles. The number of aromatic nitrogens is 4. The summed E-state index contributed by atoms with van der Waals surface area (Å²) in [4.78, 5) is 13.9. The van der Waals surface area contributed by atoms with Crippen molar-refractivity contribution in [1.29, 1.82) is 0 Å². The van der Waals surface area contributed by atoms with Crippen molar-refractivity contribution in [3.8, 4) is 0 Å². The van der Waals surface area contributed by atoms with E-state index in [0.717, 1.165) is 23.2 Å². The average molecular weight is 354 g/mol. The molecule has 1 atom stereocenters. The van der Waals surface area contributed by atoms with Gasteiger partial charge in [-0.25, -0.2) is 9.97 Å². The molecule has 0 fully saturated rings. The molecule has 4 N–H and O–H groups in total. The number of nitrogens with one attached hydrogen (secondary N) is 1. The van der Waals surface area contributed by atoms with Crippen LogP contribution in [-0.2, 0) is 6.42 Å². The Bertz CT molecular complexity index is 871. The second kappa shape index (κ2) is 7.70. The highest BCUT2D eigenvalue weighted by atomic mass is 16.3. The van der Waals surface area contributed by atoms with Crippen LogP contribution in [0, 0.1) is 0 Å². The number of hydrogen-bond acceptors (Lipinski definition) is 6. The zero-order valence-corrected chi connectivity index (χ0v) is 15.5. The van der Waals surface area contributed by atoms with Gasteiger partial charge in [-0.2, -0.15) is 4.98 Å². The number of aliphatic hydroxyl groups is 1. The minimum absolute atomic E-state index is 0.0253. The topological polar surface area (TPSA) is 102 Å². The maximum Gasteiger partial charge on any atom is 0.225 e. The largest absolute Gasteiger partial charge is 0.394 e. The normalized spacial score (nSPS) is 12.7. The molecule has 0 aliphatic heterocycles. The Hall–Kier alpha value is -2.67. The summed E-state index contributed by atoms with van der Waals surface area (Å²) in [5.41, 5.74) is 9.55. The van der Waals surface area contributed by atoms with Crippen LogP contribution in [-0.4, -0.2) is 37.3 Å². The Morgan fingerprint density at radius 1 is 1.15 bits per heavy atom. The predicted molar refractivity (Wildman–Crippen MR) is 104 cm³/mol. The van der Waals surface area contributed by atoms with Crippen LogP contribution in [0.25, 0.3) is 11.2 Å². The van der Waals surface area contributed by atoms with E-state index in [-0.39, 0.29) is 18.7 Å². The van der Waals surface area contributed by atoms with E-state index in [2.05, 4.69) is 32.4 Å². The number of benzene rings is 1. The lowest BCUT2D eigenvalue weighted by atomic mass is 10.1. The highest BCUT2D eigenvalue weighted by Crippen LogP contribution is 2.26. The molecule has 138 valence electrons. The summed E-state index contributed by atoms with van der Waals surface area (Å²) < 4.78 is 1.91. The first-order chi connectivity index (χ1) is 12.5. The second-order valence-corrected chi connectivity index (χ2v) is 6.69. The second-order valence-electron chi connectivity index (χ2n) is 6.69. The Morgan fingerprint density at radius 2 is 1.88 bits per heavy atom. The smallest absolute Gasteiger partial charge is 0.225 e. The van der Waals surface area contributed by atoms with E-state index >= 15 is 0 Å². The average Bonchev–Trinajstić information content (AvgIpc) is 2.97. The molecule has 3 rings (SSSR count).